The Morgan fingerprint density at radius 3 is 2.47 bits per heavy atom. The molecule has 0 aromatic rings. The van der Waals surface area contributed by atoms with Crippen LogP contribution in [0.5, 0.6) is 0 Å². The summed E-state index contributed by atoms with van der Waals surface area (Å²) in [6, 6.07) is 0. The predicted molar refractivity (Wildman–Crippen MR) is 79.3 cm³/mol. The molecule has 1 N–H and O–H groups in total. The van der Waals surface area contributed by atoms with E-state index in [1.54, 1.807) is 0 Å². The van der Waals surface area contributed by atoms with Crippen LogP contribution in [0.4, 0.5) is 0 Å². The van der Waals surface area contributed by atoms with Gasteiger partial charge in [-0.3, -0.25) is 0 Å². The molecule has 0 aromatic carbocycles. The Bertz CT molecular complexity index is 277. The minimum Gasteiger partial charge on any atom is -0.369 e. The lowest BCUT2D eigenvalue weighted by molar-refractivity contribution is -0.144. The molecule has 0 bridgehead atoms. The maximum atomic E-state index is 6.61. The van der Waals surface area contributed by atoms with Gasteiger partial charge in [-0.2, -0.15) is 0 Å². The van der Waals surface area contributed by atoms with Crippen molar-refractivity contribution in [3.8, 4) is 0 Å². The monoisotopic (exact) mass is 265 g/mol. The van der Waals surface area contributed by atoms with Gasteiger partial charge in [-0.1, -0.05) is 39.0 Å². The van der Waals surface area contributed by atoms with Crippen molar-refractivity contribution >= 4 is 0 Å². The molecule has 19 heavy (non-hydrogen) atoms. The van der Waals surface area contributed by atoms with Gasteiger partial charge in [0.05, 0.1) is 11.7 Å². The number of morpholine rings is 1. The molecule has 2 heteroatoms. The highest BCUT2D eigenvalue weighted by molar-refractivity contribution is 4.93. The topological polar surface area (TPSA) is 21.3 Å². The van der Waals surface area contributed by atoms with Crippen LogP contribution in [0.2, 0.25) is 0 Å². The zero-order chi connectivity index (χ0) is 13.1. The molecule has 1 aliphatic heterocycles. The number of ether oxygens (including phenoxy) is 1. The fourth-order valence-corrected chi connectivity index (χ4v) is 4.55. The van der Waals surface area contributed by atoms with Gasteiger partial charge in [0, 0.05) is 13.1 Å². The average molecular weight is 265 g/mol. The molecule has 3 rings (SSSR count). The van der Waals surface area contributed by atoms with Gasteiger partial charge >= 0.3 is 0 Å². The normalized spacial score (nSPS) is 40.9. The van der Waals surface area contributed by atoms with Crippen molar-refractivity contribution in [2.45, 2.75) is 82.8 Å². The molecule has 1 unspecified atom stereocenters. The van der Waals surface area contributed by atoms with Crippen molar-refractivity contribution in [3.63, 3.8) is 0 Å². The lowest BCUT2D eigenvalue weighted by Crippen LogP contribution is -2.55. The van der Waals surface area contributed by atoms with Crippen LogP contribution in [0, 0.1) is 11.8 Å². The molecule has 2 aliphatic carbocycles. The van der Waals surface area contributed by atoms with E-state index < -0.39 is 0 Å². The Hall–Kier alpha value is -0.0800. The Morgan fingerprint density at radius 2 is 1.79 bits per heavy atom. The molecule has 3 fully saturated rings. The van der Waals surface area contributed by atoms with E-state index in [0.717, 1.165) is 24.9 Å². The summed E-state index contributed by atoms with van der Waals surface area (Å²) in [5.41, 5.74) is 0.202. The van der Waals surface area contributed by atoms with Crippen LogP contribution in [0.25, 0.3) is 0 Å². The zero-order valence-electron chi connectivity index (χ0n) is 12.6. The molecule has 1 heterocycles. The molecular weight excluding hydrogens is 234 g/mol. The van der Waals surface area contributed by atoms with Gasteiger partial charge in [-0.15, -0.1) is 0 Å². The Kier molecular flexibility index (Phi) is 4.48. The molecule has 3 aliphatic rings. The molecule has 2 saturated carbocycles. The van der Waals surface area contributed by atoms with Crippen molar-refractivity contribution < 1.29 is 4.74 Å². The number of nitrogens with one attached hydrogen (secondary N) is 1. The van der Waals surface area contributed by atoms with Crippen molar-refractivity contribution in [2.75, 3.05) is 13.1 Å². The summed E-state index contributed by atoms with van der Waals surface area (Å²) in [5, 5.41) is 3.68. The molecule has 0 aromatic heterocycles. The Balaban J connectivity index is 1.52. The fourth-order valence-electron chi connectivity index (χ4n) is 4.55. The van der Waals surface area contributed by atoms with Crippen LogP contribution >= 0.6 is 0 Å². The van der Waals surface area contributed by atoms with Crippen LogP contribution in [0.3, 0.4) is 0 Å². The van der Waals surface area contributed by atoms with Gasteiger partial charge in [-0.05, 0) is 43.9 Å². The maximum Gasteiger partial charge on any atom is 0.0810 e. The van der Waals surface area contributed by atoms with Crippen molar-refractivity contribution in [1.82, 2.24) is 5.32 Å². The van der Waals surface area contributed by atoms with E-state index in [-0.39, 0.29) is 5.60 Å². The van der Waals surface area contributed by atoms with E-state index in [2.05, 4.69) is 12.2 Å². The van der Waals surface area contributed by atoms with Gasteiger partial charge in [0.15, 0.2) is 0 Å². The minimum absolute atomic E-state index is 0.202. The predicted octanol–water partition coefficient (Wildman–Crippen LogP) is 3.89. The summed E-state index contributed by atoms with van der Waals surface area (Å²) in [5.74, 6) is 1.92. The summed E-state index contributed by atoms with van der Waals surface area (Å²) in [7, 11) is 0. The van der Waals surface area contributed by atoms with Gasteiger partial charge in [0.25, 0.3) is 0 Å². The molecule has 1 saturated heterocycles. The quantitative estimate of drug-likeness (QED) is 0.836. The third-order valence-corrected chi connectivity index (χ3v) is 5.90. The number of rotatable bonds is 3. The first-order valence-electron chi connectivity index (χ1n) is 8.68. The molecule has 1 atom stereocenters. The molecule has 2 nitrogen and oxygen atoms in total. The van der Waals surface area contributed by atoms with Crippen LogP contribution in [-0.2, 0) is 4.74 Å². The van der Waals surface area contributed by atoms with Gasteiger partial charge in [0.1, 0.15) is 0 Å². The first-order valence-corrected chi connectivity index (χ1v) is 8.68. The van der Waals surface area contributed by atoms with E-state index in [1.165, 1.54) is 64.2 Å². The molecular formula is C17H31NO. The van der Waals surface area contributed by atoms with Crippen LogP contribution in [-0.4, -0.2) is 24.8 Å². The molecule has 0 amide bonds. The fraction of sp³-hybridized carbons (Fsp3) is 1.00. The van der Waals surface area contributed by atoms with Gasteiger partial charge in [-0.25, -0.2) is 0 Å². The largest absolute Gasteiger partial charge is 0.369 e. The first-order chi connectivity index (χ1) is 9.30. The van der Waals surface area contributed by atoms with Crippen molar-refractivity contribution in [1.29, 1.82) is 0 Å². The van der Waals surface area contributed by atoms with E-state index in [9.17, 15) is 0 Å². The highest BCUT2D eigenvalue weighted by Crippen LogP contribution is 2.39. The van der Waals surface area contributed by atoms with Crippen LogP contribution < -0.4 is 5.32 Å². The SMILES string of the molecule is CCC1CCC2(CC1)CNCC(CC1CCCC1)O2. The summed E-state index contributed by atoms with van der Waals surface area (Å²) < 4.78 is 6.61. The Morgan fingerprint density at radius 1 is 1.05 bits per heavy atom. The van der Waals surface area contributed by atoms with E-state index in [1.807, 2.05) is 0 Å². The summed E-state index contributed by atoms with van der Waals surface area (Å²) in [6.45, 7) is 4.53. The third-order valence-electron chi connectivity index (χ3n) is 5.90. The second kappa shape index (κ2) is 6.13. The second-order valence-corrected chi connectivity index (χ2v) is 7.29. The lowest BCUT2D eigenvalue weighted by atomic mass is 9.77. The smallest absolute Gasteiger partial charge is 0.0810 e. The molecule has 110 valence electrons. The zero-order valence-corrected chi connectivity index (χ0v) is 12.6. The Labute approximate surface area is 118 Å². The standard InChI is InChI=1S/C17H31NO/c1-2-14-7-9-17(10-8-14)13-18-12-16(19-17)11-15-5-3-4-6-15/h14-16,18H,2-13H2,1H3. The minimum atomic E-state index is 0.202. The van der Waals surface area contributed by atoms with Gasteiger partial charge in [0.2, 0.25) is 0 Å². The van der Waals surface area contributed by atoms with Crippen molar-refractivity contribution in [3.05, 3.63) is 0 Å². The highest BCUT2D eigenvalue weighted by Gasteiger charge is 2.40. The van der Waals surface area contributed by atoms with Gasteiger partial charge < -0.3 is 10.1 Å². The molecule has 0 radical (unpaired) electrons. The summed E-state index contributed by atoms with van der Waals surface area (Å²) in [4.78, 5) is 0. The highest BCUT2D eigenvalue weighted by atomic mass is 16.5. The first kappa shape index (κ1) is 13.9. The van der Waals surface area contributed by atoms with Crippen molar-refractivity contribution in [2.24, 2.45) is 11.8 Å². The number of hydrogen-bond donors (Lipinski definition) is 1. The average Bonchev–Trinajstić information content (AvgIpc) is 2.93. The summed E-state index contributed by atoms with van der Waals surface area (Å²) in [6.07, 6.45) is 14.3. The third kappa shape index (κ3) is 3.33. The molecule has 1 spiro atoms. The summed E-state index contributed by atoms with van der Waals surface area (Å²) >= 11 is 0. The lowest BCUT2D eigenvalue weighted by Gasteiger charge is -2.46. The van der Waals surface area contributed by atoms with Crippen LogP contribution in [0.1, 0.15) is 71.1 Å². The van der Waals surface area contributed by atoms with E-state index >= 15 is 0 Å². The van der Waals surface area contributed by atoms with E-state index in [4.69, 9.17) is 4.74 Å². The maximum absolute atomic E-state index is 6.61. The van der Waals surface area contributed by atoms with E-state index in [0.29, 0.717) is 6.10 Å². The second-order valence-electron chi connectivity index (χ2n) is 7.29. The van der Waals surface area contributed by atoms with Crippen LogP contribution in [0.15, 0.2) is 0 Å². The number of hydrogen-bond acceptors (Lipinski definition) is 2.